The number of aliphatic hydroxyl groups is 1. The molecule has 4 heteroatoms. The highest BCUT2D eigenvalue weighted by atomic mass is 16.4. The summed E-state index contributed by atoms with van der Waals surface area (Å²) in [6.07, 6.45) is 1.24. The van der Waals surface area contributed by atoms with Gasteiger partial charge in [-0.25, -0.2) is 4.79 Å². The van der Waals surface area contributed by atoms with Crippen molar-refractivity contribution < 1.29 is 15.0 Å². The topological polar surface area (TPSA) is 69.6 Å². The molecule has 0 saturated heterocycles. The number of amides is 1. The second-order valence-electron chi connectivity index (χ2n) is 3.25. The molecular formula is C7H13NO3. The van der Waals surface area contributed by atoms with E-state index in [0.717, 1.165) is 12.8 Å². The summed E-state index contributed by atoms with van der Waals surface area (Å²) < 4.78 is 0. The third-order valence-corrected chi connectivity index (χ3v) is 2.22. The molecule has 3 N–H and O–H groups in total. The molecule has 1 rings (SSSR count). The Bertz CT molecular complexity index is 167. The number of nitrogens with one attached hydrogen (secondary N) is 1. The number of rotatable bonds is 1. The predicted octanol–water partition coefficient (Wildman–Crippen LogP) is 0.558. The van der Waals surface area contributed by atoms with Crippen LogP contribution >= 0.6 is 0 Å². The van der Waals surface area contributed by atoms with Gasteiger partial charge in [-0.15, -0.1) is 0 Å². The van der Waals surface area contributed by atoms with E-state index in [-0.39, 0.29) is 6.04 Å². The first kappa shape index (κ1) is 8.33. The minimum Gasteiger partial charge on any atom is -0.465 e. The van der Waals surface area contributed by atoms with Crippen LogP contribution < -0.4 is 5.32 Å². The summed E-state index contributed by atoms with van der Waals surface area (Å²) in [5.74, 6) is 0. The normalized spacial score (nSPS) is 37.1. The van der Waals surface area contributed by atoms with Gasteiger partial charge >= 0.3 is 6.09 Å². The van der Waals surface area contributed by atoms with E-state index in [1.54, 1.807) is 6.92 Å². The fourth-order valence-corrected chi connectivity index (χ4v) is 1.53. The second-order valence-corrected chi connectivity index (χ2v) is 3.25. The van der Waals surface area contributed by atoms with Crippen molar-refractivity contribution in [3.63, 3.8) is 0 Å². The zero-order valence-electron chi connectivity index (χ0n) is 6.50. The van der Waals surface area contributed by atoms with Crippen LogP contribution in [0.25, 0.3) is 0 Å². The van der Waals surface area contributed by atoms with Gasteiger partial charge in [0.15, 0.2) is 0 Å². The molecule has 64 valence electrons. The smallest absolute Gasteiger partial charge is 0.404 e. The molecule has 1 aliphatic rings. The molecular weight excluding hydrogens is 146 g/mol. The lowest BCUT2D eigenvalue weighted by Gasteiger charge is -2.24. The molecule has 0 heterocycles. The number of hydrogen-bond donors (Lipinski definition) is 3. The lowest BCUT2D eigenvalue weighted by molar-refractivity contribution is 0.0394. The van der Waals surface area contributed by atoms with E-state index in [4.69, 9.17) is 5.11 Å². The maximum Gasteiger partial charge on any atom is 0.404 e. The summed E-state index contributed by atoms with van der Waals surface area (Å²) >= 11 is 0. The molecule has 2 unspecified atom stereocenters. The van der Waals surface area contributed by atoms with Crippen LogP contribution in [0.3, 0.4) is 0 Å². The van der Waals surface area contributed by atoms with E-state index >= 15 is 0 Å². The Balaban J connectivity index is 2.51. The van der Waals surface area contributed by atoms with Gasteiger partial charge < -0.3 is 15.5 Å². The van der Waals surface area contributed by atoms with E-state index < -0.39 is 11.7 Å². The summed E-state index contributed by atoms with van der Waals surface area (Å²) in [5.41, 5.74) is -0.849. The van der Waals surface area contributed by atoms with Crippen LogP contribution in [0.5, 0.6) is 0 Å². The molecule has 0 aromatic heterocycles. The fraction of sp³-hybridized carbons (Fsp3) is 0.857. The maximum atomic E-state index is 10.2. The molecule has 0 radical (unpaired) electrons. The van der Waals surface area contributed by atoms with Crippen LogP contribution in [0, 0.1) is 0 Å². The van der Waals surface area contributed by atoms with Crippen molar-refractivity contribution in [2.45, 2.75) is 37.8 Å². The minimum atomic E-state index is -1.06. The second kappa shape index (κ2) is 2.70. The van der Waals surface area contributed by atoms with Gasteiger partial charge in [-0.05, 0) is 26.2 Å². The minimum absolute atomic E-state index is 0.292. The fourth-order valence-electron chi connectivity index (χ4n) is 1.53. The zero-order valence-corrected chi connectivity index (χ0v) is 6.50. The van der Waals surface area contributed by atoms with Crippen molar-refractivity contribution in [2.24, 2.45) is 0 Å². The van der Waals surface area contributed by atoms with Crippen LogP contribution in [0.1, 0.15) is 26.2 Å². The quantitative estimate of drug-likeness (QED) is 0.523. The van der Waals surface area contributed by atoms with Crippen molar-refractivity contribution >= 4 is 6.09 Å². The average molecular weight is 159 g/mol. The summed E-state index contributed by atoms with van der Waals surface area (Å²) in [7, 11) is 0. The van der Waals surface area contributed by atoms with Crippen LogP contribution in [-0.2, 0) is 0 Å². The molecule has 0 bridgehead atoms. The highest BCUT2D eigenvalue weighted by Crippen LogP contribution is 2.29. The van der Waals surface area contributed by atoms with Crippen molar-refractivity contribution in [1.82, 2.24) is 5.32 Å². The molecule has 0 spiro atoms. The summed E-state index contributed by atoms with van der Waals surface area (Å²) in [4.78, 5) is 10.2. The molecule has 0 aliphatic heterocycles. The monoisotopic (exact) mass is 159 g/mol. The van der Waals surface area contributed by atoms with Crippen molar-refractivity contribution in [1.29, 1.82) is 0 Å². The Morgan fingerprint density at radius 3 is 2.73 bits per heavy atom. The van der Waals surface area contributed by atoms with E-state index in [1.165, 1.54) is 0 Å². The number of carboxylic acid groups (broad SMARTS) is 1. The van der Waals surface area contributed by atoms with Crippen LogP contribution in [0.4, 0.5) is 4.79 Å². The van der Waals surface area contributed by atoms with Crippen molar-refractivity contribution in [3.8, 4) is 0 Å². The van der Waals surface area contributed by atoms with E-state index in [1.807, 2.05) is 0 Å². The van der Waals surface area contributed by atoms with Gasteiger partial charge in [-0.3, -0.25) is 0 Å². The van der Waals surface area contributed by atoms with Gasteiger partial charge in [0, 0.05) is 0 Å². The largest absolute Gasteiger partial charge is 0.465 e. The third kappa shape index (κ3) is 1.83. The van der Waals surface area contributed by atoms with Crippen LogP contribution in [-0.4, -0.2) is 27.9 Å². The molecule has 11 heavy (non-hydrogen) atoms. The highest BCUT2D eigenvalue weighted by Gasteiger charge is 2.37. The molecule has 1 fully saturated rings. The molecule has 4 nitrogen and oxygen atoms in total. The first-order chi connectivity index (χ1) is 5.02. The Hall–Kier alpha value is -0.770. The van der Waals surface area contributed by atoms with Crippen LogP contribution in [0.15, 0.2) is 0 Å². The number of hydrogen-bond acceptors (Lipinski definition) is 2. The van der Waals surface area contributed by atoms with Gasteiger partial charge in [0.25, 0.3) is 0 Å². The standard InChI is InChI=1S/C7H13NO3/c1-7(11)4-2-3-5(7)8-6(9)10/h5,8,11H,2-4H2,1H3,(H,9,10). The third-order valence-electron chi connectivity index (χ3n) is 2.22. The summed E-state index contributed by atoms with van der Waals surface area (Å²) in [5, 5.41) is 20.3. The Labute approximate surface area is 65.2 Å². The molecule has 0 aromatic carbocycles. The first-order valence-corrected chi connectivity index (χ1v) is 3.74. The van der Waals surface area contributed by atoms with E-state index in [2.05, 4.69) is 5.32 Å². The molecule has 0 aromatic rings. The lowest BCUT2D eigenvalue weighted by atomic mass is 10.0. The van der Waals surface area contributed by atoms with Gasteiger partial charge in [0.2, 0.25) is 0 Å². The summed E-state index contributed by atoms with van der Waals surface area (Å²) in [6.45, 7) is 1.67. The maximum absolute atomic E-state index is 10.2. The Morgan fingerprint density at radius 1 is 1.73 bits per heavy atom. The number of carbonyl (C=O) groups is 1. The van der Waals surface area contributed by atoms with Crippen molar-refractivity contribution in [3.05, 3.63) is 0 Å². The lowest BCUT2D eigenvalue weighted by Crippen LogP contribution is -2.46. The van der Waals surface area contributed by atoms with E-state index in [9.17, 15) is 9.90 Å². The first-order valence-electron chi connectivity index (χ1n) is 3.74. The summed E-state index contributed by atoms with van der Waals surface area (Å²) in [6, 6.07) is -0.292. The van der Waals surface area contributed by atoms with Crippen molar-refractivity contribution in [2.75, 3.05) is 0 Å². The van der Waals surface area contributed by atoms with E-state index in [0.29, 0.717) is 6.42 Å². The Morgan fingerprint density at radius 2 is 2.36 bits per heavy atom. The SMILES string of the molecule is CC1(O)CCCC1NC(=O)O. The predicted molar refractivity (Wildman–Crippen MR) is 39.4 cm³/mol. The zero-order chi connectivity index (χ0) is 8.48. The van der Waals surface area contributed by atoms with Gasteiger partial charge in [-0.1, -0.05) is 0 Å². The highest BCUT2D eigenvalue weighted by molar-refractivity contribution is 5.65. The van der Waals surface area contributed by atoms with Gasteiger partial charge in [-0.2, -0.15) is 0 Å². The van der Waals surface area contributed by atoms with Crippen LogP contribution in [0.2, 0.25) is 0 Å². The molecule has 2 atom stereocenters. The molecule has 1 amide bonds. The average Bonchev–Trinajstić information content (AvgIpc) is 2.10. The van der Waals surface area contributed by atoms with Gasteiger partial charge in [0.1, 0.15) is 0 Å². The Kier molecular flexibility index (Phi) is 2.04. The van der Waals surface area contributed by atoms with Gasteiger partial charge in [0.05, 0.1) is 11.6 Å². The molecule has 1 aliphatic carbocycles. The molecule has 1 saturated carbocycles.